The highest BCUT2D eigenvalue weighted by Gasteiger charge is 2.32. The number of carbonyl (C=O) groups is 1. The Bertz CT molecular complexity index is 1040. The maximum Gasteiger partial charge on any atom is 0.414 e. The van der Waals surface area contributed by atoms with E-state index in [1.807, 2.05) is 25.3 Å². The second-order valence-electron chi connectivity index (χ2n) is 7.03. The zero-order chi connectivity index (χ0) is 21.1. The normalized spacial score (nSPS) is 15.6. The molecular weight excluding hydrogens is 386 g/mol. The number of aliphatic hydroxyl groups is 1. The molecular formula is C21H23N5O4. The number of benzene rings is 1. The second kappa shape index (κ2) is 8.50. The van der Waals surface area contributed by atoms with Crippen LogP contribution in [0.2, 0.25) is 0 Å². The standard InChI is InChI=1S/C21H23N5O4/c1-14-3-4-17-18(26(14)21(28)29-2)6-5-16(15-11-24-25(13-15)9-10-27)20(17)30-19-12-22-7-8-23-19/h5-8,11-14,27H,3-4,9-10H2,1-2H3. The number of fused-ring (bicyclic) bond motifs is 1. The van der Waals surface area contributed by atoms with Gasteiger partial charge in [0.1, 0.15) is 5.75 Å². The number of methoxy groups -OCH3 is 1. The van der Waals surface area contributed by atoms with E-state index in [-0.39, 0.29) is 12.6 Å². The average Bonchev–Trinajstić information content (AvgIpc) is 3.22. The number of carbonyl (C=O) groups excluding carboxylic acids is 1. The minimum absolute atomic E-state index is 0.000246. The number of anilines is 1. The van der Waals surface area contributed by atoms with E-state index in [0.717, 1.165) is 35.2 Å². The molecule has 0 saturated heterocycles. The largest absolute Gasteiger partial charge is 0.452 e. The van der Waals surface area contributed by atoms with E-state index in [9.17, 15) is 9.90 Å². The molecule has 4 rings (SSSR count). The first-order valence-corrected chi connectivity index (χ1v) is 9.73. The van der Waals surface area contributed by atoms with Crippen LogP contribution in [0.4, 0.5) is 10.5 Å². The molecule has 0 saturated carbocycles. The molecule has 1 aliphatic rings. The number of aromatic nitrogens is 4. The topological polar surface area (TPSA) is 103 Å². The lowest BCUT2D eigenvalue weighted by Gasteiger charge is -2.35. The van der Waals surface area contributed by atoms with Crippen molar-refractivity contribution in [2.45, 2.75) is 32.4 Å². The number of rotatable bonds is 5. The maximum absolute atomic E-state index is 12.4. The van der Waals surface area contributed by atoms with Gasteiger partial charge in [-0.2, -0.15) is 5.10 Å². The zero-order valence-electron chi connectivity index (χ0n) is 16.9. The summed E-state index contributed by atoms with van der Waals surface area (Å²) in [4.78, 5) is 22.4. The lowest BCUT2D eigenvalue weighted by Crippen LogP contribution is -2.42. The Kier molecular flexibility index (Phi) is 5.62. The number of hydrogen-bond acceptors (Lipinski definition) is 7. The van der Waals surface area contributed by atoms with Gasteiger partial charge in [0.2, 0.25) is 5.88 Å². The Morgan fingerprint density at radius 1 is 1.30 bits per heavy atom. The molecule has 0 aliphatic carbocycles. The molecule has 1 atom stereocenters. The van der Waals surface area contributed by atoms with Crippen LogP contribution in [-0.4, -0.2) is 50.7 Å². The summed E-state index contributed by atoms with van der Waals surface area (Å²) in [7, 11) is 1.38. The first kappa shape index (κ1) is 19.8. The van der Waals surface area contributed by atoms with Crippen molar-refractivity contribution in [2.24, 2.45) is 0 Å². The van der Waals surface area contributed by atoms with Crippen molar-refractivity contribution in [1.29, 1.82) is 0 Å². The number of hydrogen-bond donors (Lipinski definition) is 1. The molecule has 0 spiro atoms. The minimum Gasteiger partial charge on any atom is -0.452 e. The fourth-order valence-corrected chi connectivity index (χ4v) is 3.70. The monoisotopic (exact) mass is 409 g/mol. The molecule has 0 bridgehead atoms. The molecule has 1 amide bonds. The predicted molar refractivity (Wildman–Crippen MR) is 110 cm³/mol. The van der Waals surface area contributed by atoms with E-state index < -0.39 is 6.09 Å². The van der Waals surface area contributed by atoms with Gasteiger partial charge >= 0.3 is 6.09 Å². The Balaban J connectivity index is 1.85. The Hall–Kier alpha value is -3.46. The SMILES string of the molecule is COC(=O)N1c2ccc(-c3cnn(CCO)c3)c(Oc3cnccn3)c2CCC1C. The van der Waals surface area contributed by atoms with Crippen LogP contribution in [0, 0.1) is 0 Å². The van der Waals surface area contributed by atoms with Crippen molar-refractivity contribution < 1.29 is 19.4 Å². The molecule has 9 nitrogen and oxygen atoms in total. The van der Waals surface area contributed by atoms with Crippen LogP contribution in [-0.2, 0) is 17.7 Å². The number of aliphatic hydroxyl groups excluding tert-OH is 1. The zero-order valence-corrected chi connectivity index (χ0v) is 16.9. The summed E-state index contributed by atoms with van der Waals surface area (Å²) in [5.74, 6) is 0.968. The van der Waals surface area contributed by atoms with E-state index in [2.05, 4.69) is 15.1 Å². The summed E-state index contributed by atoms with van der Waals surface area (Å²) in [5, 5.41) is 13.5. The third kappa shape index (κ3) is 3.71. The molecule has 30 heavy (non-hydrogen) atoms. The number of amides is 1. The Morgan fingerprint density at radius 3 is 2.90 bits per heavy atom. The molecule has 3 aromatic rings. The Morgan fingerprint density at radius 2 is 2.17 bits per heavy atom. The number of ether oxygens (including phenoxy) is 2. The molecule has 2 aromatic heterocycles. The van der Waals surface area contributed by atoms with Gasteiger partial charge in [-0.1, -0.05) is 0 Å². The third-order valence-electron chi connectivity index (χ3n) is 5.14. The quantitative estimate of drug-likeness (QED) is 0.691. The molecule has 1 aromatic carbocycles. The average molecular weight is 409 g/mol. The van der Waals surface area contributed by atoms with Crippen LogP contribution < -0.4 is 9.64 Å². The van der Waals surface area contributed by atoms with Gasteiger partial charge in [-0.15, -0.1) is 0 Å². The third-order valence-corrected chi connectivity index (χ3v) is 5.14. The smallest absolute Gasteiger partial charge is 0.414 e. The summed E-state index contributed by atoms with van der Waals surface area (Å²) >= 11 is 0. The summed E-state index contributed by atoms with van der Waals surface area (Å²) in [6.45, 7) is 2.40. The maximum atomic E-state index is 12.4. The molecule has 156 valence electrons. The van der Waals surface area contributed by atoms with E-state index in [0.29, 0.717) is 18.2 Å². The van der Waals surface area contributed by atoms with Gasteiger partial charge in [0.15, 0.2) is 0 Å². The van der Waals surface area contributed by atoms with E-state index in [1.54, 1.807) is 34.4 Å². The van der Waals surface area contributed by atoms with Crippen molar-refractivity contribution in [3.63, 3.8) is 0 Å². The van der Waals surface area contributed by atoms with Crippen LogP contribution in [0.5, 0.6) is 11.6 Å². The van der Waals surface area contributed by atoms with E-state index in [4.69, 9.17) is 9.47 Å². The van der Waals surface area contributed by atoms with Gasteiger partial charge in [-0.25, -0.2) is 9.78 Å². The van der Waals surface area contributed by atoms with Gasteiger partial charge in [0.25, 0.3) is 0 Å². The molecule has 1 N–H and O–H groups in total. The molecule has 1 aliphatic heterocycles. The second-order valence-corrected chi connectivity index (χ2v) is 7.03. The molecule has 9 heteroatoms. The summed E-state index contributed by atoms with van der Waals surface area (Å²) in [6.07, 6.45) is 9.36. The van der Waals surface area contributed by atoms with Gasteiger partial charge in [0.05, 0.1) is 38.3 Å². The summed E-state index contributed by atoms with van der Waals surface area (Å²) in [6, 6.07) is 3.82. The molecule has 0 radical (unpaired) electrons. The first-order chi connectivity index (χ1) is 14.6. The van der Waals surface area contributed by atoms with Crippen molar-refractivity contribution in [2.75, 3.05) is 18.6 Å². The van der Waals surface area contributed by atoms with Gasteiger partial charge in [-0.05, 0) is 31.9 Å². The predicted octanol–water partition coefficient (Wildman–Crippen LogP) is 3.03. The van der Waals surface area contributed by atoms with Crippen molar-refractivity contribution >= 4 is 11.8 Å². The van der Waals surface area contributed by atoms with Crippen LogP contribution in [0.15, 0.2) is 43.1 Å². The summed E-state index contributed by atoms with van der Waals surface area (Å²) < 4.78 is 12.9. The highest BCUT2D eigenvalue weighted by molar-refractivity contribution is 5.92. The van der Waals surface area contributed by atoms with Gasteiger partial charge in [0, 0.05) is 41.3 Å². The van der Waals surface area contributed by atoms with Crippen LogP contribution in [0.1, 0.15) is 18.9 Å². The summed E-state index contributed by atoms with van der Waals surface area (Å²) in [5.41, 5.74) is 3.32. The molecule has 1 unspecified atom stereocenters. The highest BCUT2D eigenvalue weighted by atomic mass is 16.5. The molecule has 0 fully saturated rings. The van der Waals surface area contributed by atoms with Gasteiger partial charge < -0.3 is 14.6 Å². The Labute approximate surface area is 173 Å². The lowest BCUT2D eigenvalue weighted by atomic mass is 9.92. The van der Waals surface area contributed by atoms with Crippen molar-refractivity contribution in [1.82, 2.24) is 19.7 Å². The first-order valence-electron chi connectivity index (χ1n) is 9.73. The van der Waals surface area contributed by atoms with Crippen molar-refractivity contribution in [3.8, 4) is 22.8 Å². The lowest BCUT2D eigenvalue weighted by molar-refractivity contribution is 0.175. The molecule has 3 heterocycles. The fourth-order valence-electron chi connectivity index (χ4n) is 3.70. The highest BCUT2D eigenvalue weighted by Crippen LogP contribution is 2.44. The van der Waals surface area contributed by atoms with E-state index in [1.165, 1.54) is 7.11 Å². The minimum atomic E-state index is -0.405. The van der Waals surface area contributed by atoms with Crippen LogP contribution in [0.3, 0.4) is 0 Å². The van der Waals surface area contributed by atoms with Crippen LogP contribution in [0.25, 0.3) is 11.1 Å². The van der Waals surface area contributed by atoms with Crippen molar-refractivity contribution in [3.05, 3.63) is 48.7 Å². The van der Waals surface area contributed by atoms with E-state index >= 15 is 0 Å². The number of nitrogens with zero attached hydrogens (tertiary/aromatic N) is 5. The van der Waals surface area contributed by atoms with Gasteiger partial charge in [-0.3, -0.25) is 14.6 Å². The van der Waals surface area contributed by atoms with Crippen LogP contribution >= 0.6 is 0 Å². The fraction of sp³-hybridized carbons (Fsp3) is 0.333.